The normalized spacial score (nSPS) is 21.1. The van der Waals surface area contributed by atoms with Crippen LogP contribution in [0.15, 0.2) is 103 Å². The van der Waals surface area contributed by atoms with Crippen LogP contribution >= 0.6 is 0 Å². The van der Waals surface area contributed by atoms with E-state index >= 15 is 0 Å². The molecule has 4 amide bonds. The maximum absolute atomic E-state index is 13.3. The highest BCUT2D eigenvalue weighted by Gasteiger charge is 2.44. The number of benzene rings is 4. The van der Waals surface area contributed by atoms with Crippen LogP contribution in [0.4, 0.5) is 5.69 Å². The number of nitrogens with zero attached hydrogens (tertiary/aromatic N) is 3. The third-order valence-electron chi connectivity index (χ3n) is 12.2. The molecule has 4 aromatic rings. The van der Waals surface area contributed by atoms with E-state index in [1.54, 1.807) is 12.1 Å². The van der Waals surface area contributed by atoms with Gasteiger partial charge in [-0.2, -0.15) is 0 Å². The predicted octanol–water partition coefficient (Wildman–Crippen LogP) is 7.12. The zero-order valence-corrected chi connectivity index (χ0v) is 33.3. The van der Waals surface area contributed by atoms with Crippen LogP contribution in [0.3, 0.4) is 0 Å². The fraction of sp³-hybridized carbons (Fsp3) is 0.375. The van der Waals surface area contributed by atoms with E-state index in [1.165, 1.54) is 40.7 Å². The lowest BCUT2D eigenvalue weighted by Gasteiger charge is -2.38. The smallest absolute Gasteiger partial charge is 0.262 e. The topological polar surface area (TPSA) is 111 Å². The molecule has 0 bridgehead atoms. The van der Waals surface area contributed by atoms with Crippen molar-refractivity contribution in [3.8, 4) is 5.75 Å². The molecule has 0 saturated carbocycles. The second kappa shape index (κ2) is 17.9. The van der Waals surface area contributed by atoms with Gasteiger partial charge in [-0.15, -0.1) is 0 Å². The van der Waals surface area contributed by atoms with Crippen molar-refractivity contribution in [3.63, 3.8) is 0 Å². The van der Waals surface area contributed by atoms with Crippen molar-refractivity contribution in [2.45, 2.75) is 64.0 Å². The molecular weight excluding hydrogens is 727 g/mol. The molecule has 0 radical (unpaired) electrons. The number of ether oxygens (including phenoxy) is 1. The van der Waals surface area contributed by atoms with Crippen LogP contribution in [0.1, 0.15) is 89.3 Å². The first-order valence-corrected chi connectivity index (χ1v) is 21.0. The van der Waals surface area contributed by atoms with Crippen LogP contribution < -0.4 is 15.4 Å². The molecule has 3 saturated heterocycles. The van der Waals surface area contributed by atoms with Gasteiger partial charge < -0.3 is 15.0 Å². The van der Waals surface area contributed by atoms with Crippen LogP contribution in [0.5, 0.6) is 5.75 Å². The summed E-state index contributed by atoms with van der Waals surface area (Å²) in [5, 5.41) is 5.88. The highest BCUT2D eigenvalue weighted by Crippen LogP contribution is 2.35. The molecule has 8 rings (SSSR count). The van der Waals surface area contributed by atoms with Gasteiger partial charge >= 0.3 is 0 Å². The molecule has 300 valence electrons. The van der Waals surface area contributed by atoms with Gasteiger partial charge in [-0.25, -0.2) is 0 Å². The maximum Gasteiger partial charge on any atom is 0.262 e. The number of carbonyl (C=O) groups excluding carboxylic acids is 4. The van der Waals surface area contributed by atoms with Crippen molar-refractivity contribution >= 4 is 40.5 Å². The number of piperidine rings is 3. The molecule has 4 aromatic carbocycles. The van der Waals surface area contributed by atoms with E-state index in [0.717, 1.165) is 74.9 Å². The number of allylic oxidation sites excluding steroid dienone is 1. The Bertz CT molecular complexity index is 2150. The minimum Gasteiger partial charge on any atom is -0.492 e. The zero-order valence-electron chi connectivity index (χ0n) is 33.3. The summed E-state index contributed by atoms with van der Waals surface area (Å²) in [5.41, 5.74) is 7.65. The van der Waals surface area contributed by atoms with Gasteiger partial charge in [-0.1, -0.05) is 79.7 Å². The molecule has 4 aliphatic heterocycles. The first-order chi connectivity index (χ1) is 28.3. The molecule has 4 heterocycles. The van der Waals surface area contributed by atoms with Crippen LogP contribution in [0, 0.1) is 5.92 Å². The first kappa shape index (κ1) is 39.3. The highest BCUT2D eigenvalue weighted by atomic mass is 16.5. The van der Waals surface area contributed by atoms with Gasteiger partial charge in [-0.3, -0.25) is 34.3 Å². The quantitative estimate of drug-likeness (QED) is 0.109. The number of fused-ring (bicyclic) bond motifs is 1. The summed E-state index contributed by atoms with van der Waals surface area (Å²) in [7, 11) is 0. The van der Waals surface area contributed by atoms with Crippen molar-refractivity contribution in [1.29, 1.82) is 0 Å². The average molecular weight is 780 g/mol. The van der Waals surface area contributed by atoms with Crippen LogP contribution in [0.25, 0.3) is 11.1 Å². The molecule has 10 nitrogen and oxygen atoms in total. The lowest BCUT2D eigenvalue weighted by molar-refractivity contribution is -0.136. The third-order valence-corrected chi connectivity index (χ3v) is 12.2. The summed E-state index contributed by atoms with van der Waals surface area (Å²) >= 11 is 0. The Labute approximate surface area is 341 Å². The number of amides is 4. The maximum atomic E-state index is 13.3. The minimum atomic E-state index is -0.964. The molecule has 0 aromatic heterocycles. The van der Waals surface area contributed by atoms with Gasteiger partial charge in [0.1, 0.15) is 18.4 Å². The number of likely N-dealkylation sites (tertiary alicyclic amines) is 2. The fourth-order valence-corrected chi connectivity index (χ4v) is 9.19. The van der Waals surface area contributed by atoms with Gasteiger partial charge in [0.2, 0.25) is 11.8 Å². The Kier molecular flexibility index (Phi) is 12.1. The van der Waals surface area contributed by atoms with E-state index in [-0.39, 0.29) is 24.8 Å². The Hall–Kier alpha value is -5.58. The van der Waals surface area contributed by atoms with E-state index in [1.807, 2.05) is 6.07 Å². The number of imide groups is 2. The molecule has 1 unspecified atom stereocenters. The molecule has 58 heavy (non-hydrogen) atoms. The molecule has 3 fully saturated rings. The Balaban J connectivity index is 0.793. The van der Waals surface area contributed by atoms with E-state index in [0.29, 0.717) is 23.7 Å². The summed E-state index contributed by atoms with van der Waals surface area (Å²) in [6, 6.07) is 34.4. The molecular formula is C48H53N5O5. The number of carbonyl (C=O) groups is 4. The summed E-state index contributed by atoms with van der Waals surface area (Å²) in [4.78, 5) is 56.7. The predicted molar refractivity (Wildman–Crippen MR) is 226 cm³/mol. The second-order valence-corrected chi connectivity index (χ2v) is 16.0. The van der Waals surface area contributed by atoms with Gasteiger partial charge in [0, 0.05) is 37.8 Å². The number of anilines is 1. The summed E-state index contributed by atoms with van der Waals surface area (Å²) in [6.07, 6.45) is 5.64. The van der Waals surface area contributed by atoms with Gasteiger partial charge in [0.25, 0.3) is 11.8 Å². The van der Waals surface area contributed by atoms with E-state index < -0.39 is 23.8 Å². The minimum absolute atomic E-state index is 0.101. The highest BCUT2D eigenvalue weighted by molar-refractivity contribution is 6.23. The number of hydrogen-bond donors (Lipinski definition) is 2. The molecule has 2 N–H and O–H groups in total. The van der Waals surface area contributed by atoms with Crippen molar-refractivity contribution in [2.75, 3.05) is 51.2 Å². The molecule has 0 spiro atoms. The number of rotatable bonds is 13. The van der Waals surface area contributed by atoms with Gasteiger partial charge in [-0.05, 0) is 122 Å². The SMILES string of the molecule is CCC(=C(c1ccccc1)c1ccc(OCCN2CCC(CN3CCC[C@@H](Nc4ccc5c(c4)C(=O)N(C4CCC(=O)NC4=O)C5=O)C3)CC2)cc1)c1ccccc1. The molecule has 0 aliphatic carbocycles. The monoisotopic (exact) mass is 779 g/mol. The van der Waals surface area contributed by atoms with E-state index in [4.69, 9.17) is 4.74 Å². The van der Waals surface area contributed by atoms with Crippen LogP contribution in [0.2, 0.25) is 0 Å². The molecule has 2 atom stereocenters. The average Bonchev–Trinajstić information content (AvgIpc) is 3.49. The van der Waals surface area contributed by atoms with Gasteiger partial charge in [0.15, 0.2) is 0 Å². The Morgan fingerprint density at radius 3 is 2.14 bits per heavy atom. The van der Waals surface area contributed by atoms with Crippen molar-refractivity contribution < 1.29 is 23.9 Å². The summed E-state index contributed by atoms with van der Waals surface area (Å²) in [5.74, 6) is -0.394. The Morgan fingerprint density at radius 2 is 1.43 bits per heavy atom. The first-order valence-electron chi connectivity index (χ1n) is 21.0. The summed E-state index contributed by atoms with van der Waals surface area (Å²) in [6.45, 7) is 9.03. The third kappa shape index (κ3) is 8.78. The number of nitrogens with one attached hydrogen (secondary N) is 2. The largest absolute Gasteiger partial charge is 0.492 e. The second-order valence-electron chi connectivity index (χ2n) is 16.0. The molecule has 10 heteroatoms. The Morgan fingerprint density at radius 1 is 0.741 bits per heavy atom. The zero-order chi connectivity index (χ0) is 40.0. The lowest BCUT2D eigenvalue weighted by Crippen LogP contribution is -2.54. The van der Waals surface area contributed by atoms with E-state index in [9.17, 15) is 19.2 Å². The lowest BCUT2D eigenvalue weighted by atomic mass is 9.88. The molecule has 4 aliphatic rings. The van der Waals surface area contributed by atoms with E-state index in [2.05, 4.69) is 112 Å². The standard InChI is InChI=1S/C48H53N5O5/c1-2-40(34-10-5-3-6-11-34)45(35-12-7-4-8-13-35)36-15-18-39(19-16-36)58-29-28-51-26-23-33(24-27-51)31-52-25-9-14-38(32-52)49-37-17-20-41-42(30-37)48(57)53(47(41)56)43-21-22-44(54)50-46(43)55/h3-8,10-13,15-20,30,33,38,43,49H,2,9,14,21-29,31-32H2,1H3,(H,50,54,55)/t38-,43?/m1/s1. The van der Waals surface area contributed by atoms with Crippen LogP contribution in [-0.4, -0.2) is 96.3 Å². The van der Waals surface area contributed by atoms with Crippen LogP contribution in [-0.2, 0) is 9.59 Å². The van der Waals surface area contributed by atoms with Crippen molar-refractivity contribution in [2.24, 2.45) is 5.92 Å². The van der Waals surface area contributed by atoms with Gasteiger partial charge in [0.05, 0.1) is 11.1 Å². The number of hydrogen-bond acceptors (Lipinski definition) is 8. The summed E-state index contributed by atoms with van der Waals surface area (Å²) < 4.78 is 6.27. The fourth-order valence-electron chi connectivity index (χ4n) is 9.19. The van der Waals surface area contributed by atoms with Crippen molar-refractivity contribution in [1.82, 2.24) is 20.0 Å². The van der Waals surface area contributed by atoms with Crippen molar-refractivity contribution in [3.05, 3.63) is 131 Å².